The first-order chi connectivity index (χ1) is 13.8. The van der Waals surface area contributed by atoms with Crippen LogP contribution in [0.5, 0.6) is 0 Å². The molecule has 0 aromatic heterocycles. The maximum absolute atomic E-state index is 12.8. The molecule has 0 radical (unpaired) electrons. The van der Waals surface area contributed by atoms with Crippen molar-refractivity contribution < 1.29 is 18.0 Å². The summed E-state index contributed by atoms with van der Waals surface area (Å²) in [6.07, 6.45) is 1.15. The monoisotopic (exact) mass is 435 g/mol. The van der Waals surface area contributed by atoms with Gasteiger partial charge in [-0.3, -0.25) is 9.59 Å². The first-order valence-corrected chi connectivity index (χ1v) is 11.2. The fraction of sp³-hybridized carbons (Fsp3) is 0.300. The van der Waals surface area contributed by atoms with Gasteiger partial charge in [-0.1, -0.05) is 35.9 Å². The number of primary amides is 1. The summed E-state index contributed by atoms with van der Waals surface area (Å²) in [4.78, 5) is 24.2. The van der Waals surface area contributed by atoms with Crippen LogP contribution in [0.25, 0.3) is 0 Å². The molecule has 0 bridgehead atoms. The summed E-state index contributed by atoms with van der Waals surface area (Å²) in [5, 5.41) is 3.25. The maximum Gasteiger partial charge on any atom is 0.250 e. The molecule has 1 saturated heterocycles. The molecule has 3 rings (SSSR count). The Bertz CT molecular complexity index is 1010. The van der Waals surface area contributed by atoms with E-state index in [1.807, 2.05) is 0 Å². The zero-order valence-electron chi connectivity index (χ0n) is 15.7. The molecule has 2 aromatic carbocycles. The standard InChI is InChI=1S/C20H22ClN3O4S/c21-16-9-7-14(8-10-16)13-29(27,28)24-11-3-4-15(12-24)20(26)23-18-6-2-1-5-17(18)19(22)25/h1-2,5-10,15H,3-4,11-13H2,(H2,22,25)(H,23,26)/t15-/m0/s1. The van der Waals surface area contributed by atoms with Crippen molar-refractivity contribution in [3.8, 4) is 0 Å². The normalized spacial score (nSPS) is 17.6. The van der Waals surface area contributed by atoms with Gasteiger partial charge in [0.2, 0.25) is 15.9 Å². The van der Waals surface area contributed by atoms with Gasteiger partial charge >= 0.3 is 0 Å². The third-order valence-electron chi connectivity index (χ3n) is 4.86. The highest BCUT2D eigenvalue weighted by Gasteiger charge is 2.32. The maximum atomic E-state index is 12.8. The minimum absolute atomic E-state index is 0.0977. The van der Waals surface area contributed by atoms with Crippen molar-refractivity contribution in [3.63, 3.8) is 0 Å². The number of hydrogen-bond acceptors (Lipinski definition) is 4. The first kappa shape index (κ1) is 21.3. The lowest BCUT2D eigenvalue weighted by Crippen LogP contribution is -2.44. The molecule has 29 heavy (non-hydrogen) atoms. The second kappa shape index (κ2) is 8.94. The largest absolute Gasteiger partial charge is 0.366 e. The molecule has 7 nitrogen and oxygen atoms in total. The molecular formula is C20H22ClN3O4S. The molecule has 9 heteroatoms. The van der Waals surface area contributed by atoms with Crippen LogP contribution in [0.3, 0.4) is 0 Å². The highest BCUT2D eigenvalue weighted by Crippen LogP contribution is 2.24. The fourth-order valence-corrected chi connectivity index (χ4v) is 5.07. The number of halogens is 1. The molecule has 0 unspecified atom stereocenters. The van der Waals surface area contributed by atoms with E-state index in [0.717, 1.165) is 0 Å². The van der Waals surface area contributed by atoms with Crippen LogP contribution in [-0.2, 0) is 20.6 Å². The van der Waals surface area contributed by atoms with E-state index < -0.39 is 21.8 Å². The predicted molar refractivity (Wildman–Crippen MR) is 112 cm³/mol. The lowest BCUT2D eigenvalue weighted by molar-refractivity contribution is -0.120. The smallest absolute Gasteiger partial charge is 0.250 e. The van der Waals surface area contributed by atoms with Crippen LogP contribution in [0.4, 0.5) is 5.69 Å². The van der Waals surface area contributed by atoms with Gasteiger partial charge in [-0.25, -0.2) is 12.7 Å². The van der Waals surface area contributed by atoms with Crippen molar-refractivity contribution in [2.75, 3.05) is 18.4 Å². The van der Waals surface area contributed by atoms with E-state index in [1.165, 1.54) is 10.4 Å². The molecule has 3 N–H and O–H groups in total. The molecule has 1 aliphatic heterocycles. The number of benzene rings is 2. The zero-order chi connectivity index (χ0) is 21.0. The Kier molecular flexibility index (Phi) is 6.56. The van der Waals surface area contributed by atoms with Crippen LogP contribution in [0.2, 0.25) is 5.02 Å². The first-order valence-electron chi connectivity index (χ1n) is 9.18. The Morgan fingerprint density at radius 3 is 2.52 bits per heavy atom. The van der Waals surface area contributed by atoms with E-state index in [9.17, 15) is 18.0 Å². The number of hydrogen-bond donors (Lipinski definition) is 2. The molecular weight excluding hydrogens is 414 g/mol. The van der Waals surface area contributed by atoms with Gasteiger partial charge in [0.1, 0.15) is 0 Å². The Balaban J connectivity index is 1.69. The van der Waals surface area contributed by atoms with Crippen molar-refractivity contribution in [2.24, 2.45) is 11.7 Å². The van der Waals surface area contributed by atoms with Crippen LogP contribution >= 0.6 is 11.6 Å². The SMILES string of the molecule is NC(=O)c1ccccc1NC(=O)[C@H]1CCCN(S(=O)(=O)Cc2ccc(Cl)cc2)C1. The molecule has 0 aliphatic carbocycles. The van der Waals surface area contributed by atoms with E-state index in [4.69, 9.17) is 17.3 Å². The lowest BCUT2D eigenvalue weighted by Gasteiger charge is -2.31. The predicted octanol–water partition coefficient (Wildman–Crippen LogP) is 2.62. The van der Waals surface area contributed by atoms with E-state index in [-0.39, 0.29) is 23.8 Å². The zero-order valence-corrected chi connectivity index (χ0v) is 17.2. The van der Waals surface area contributed by atoms with Crippen molar-refractivity contribution in [1.29, 1.82) is 0 Å². The Morgan fingerprint density at radius 1 is 1.14 bits per heavy atom. The summed E-state index contributed by atoms with van der Waals surface area (Å²) in [6.45, 7) is 0.470. The highest BCUT2D eigenvalue weighted by molar-refractivity contribution is 7.88. The van der Waals surface area contributed by atoms with Crippen LogP contribution in [0.15, 0.2) is 48.5 Å². The number of rotatable bonds is 6. The molecule has 0 spiro atoms. The number of sulfonamides is 1. The Morgan fingerprint density at radius 2 is 1.83 bits per heavy atom. The lowest BCUT2D eigenvalue weighted by atomic mass is 9.98. The Hall–Kier alpha value is -2.42. The molecule has 1 atom stereocenters. The summed E-state index contributed by atoms with van der Waals surface area (Å²) in [5.74, 6) is -1.63. The second-order valence-corrected chi connectivity index (χ2v) is 9.38. The summed E-state index contributed by atoms with van der Waals surface area (Å²) < 4.78 is 27.0. The van der Waals surface area contributed by atoms with Gasteiger partial charge in [0.05, 0.1) is 22.9 Å². The van der Waals surface area contributed by atoms with Crippen LogP contribution in [0, 0.1) is 5.92 Å². The van der Waals surface area contributed by atoms with Crippen LogP contribution in [0.1, 0.15) is 28.8 Å². The van der Waals surface area contributed by atoms with Gasteiger partial charge in [-0.15, -0.1) is 0 Å². The number of carbonyl (C=O) groups excluding carboxylic acids is 2. The van der Waals surface area contributed by atoms with Crippen molar-refractivity contribution >= 4 is 39.1 Å². The van der Waals surface area contributed by atoms with Gasteiger partial charge in [-0.05, 0) is 42.7 Å². The fourth-order valence-electron chi connectivity index (χ4n) is 3.33. The number of anilines is 1. The molecule has 154 valence electrons. The average molecular weight is 436 g/mol. The Labute approximate surface area is 174 Å². The minimum Gasteiger partial charge on any atom is -0.366 e. The number of nitrogens with two attached hydrogens (primary N) is 1. The van der Waals surface area contributed by atoms with E-state index >= 15 is 0 Å². The molecule has 1 aliphatic rings. The van der Waals surface area contributed by atoms with Crippen LogP contribution in [-0.4, -0.2) is 37.6 Å². The van der Waals surface area contributed by atoms with E-state index in [2.05, 4.69) is 5.32 Å². The molecule has 1 fully saturated rings. The van der Waals surface area contributed by atoms with Gasteiger partial charge in [0, 0.05) is 18.1 Å². The van der Waals surface area contributed by atoms with Crippen molar-refractivity contribution in [3.05, 3.63) is 64.7 Å². The number of carbonyl (C=O) groups is 2. The molecule has 1 heterocycles. The van der Waals surface area contributed by atoms with Crippen LogP contribution < -0.4 is 11.1 Å². The quantitative estimate of drug-likeness (QED) is 0.726. The minimum atomic E-state index is -3.57. The van der Waals surface area contributed by atoms with Gasteiger partial charge in [0.15, 0.2) is 0 Å². The summed E-state index contributed by atoms with van der Waals surface area (Å²) in [5.41, 5.74) is 6.52. The third kappa shape index (κ3) is 5.35. The number of amides is 2. The number of piperidine rings is 1. The van der Waals surface area contributed by atoms with E-state index in [1.54, 1.807) is 42.5 Å². The topological polar surface area (TPSA) is 110 Å². The number of nitrogens with one attached hydrogen (secondary N) is 1. The van der Waals surface area contributed by atoms with Gasteiger partial charge in [0.25, 0.3) is 5.91 Å². The van der Waals surface area contributed by atoms with Crippen molar-refractivity contribution in [2.45, 2.75) is 18.6 Å². The van der Waals surface area contributed by atoms with Gasteiger partial charge < -0.3 is 11.1 Å². The summed E-state index contributed by atoms with van der Waals surface area (Å²) in [7, 11) is -3.57. The average Bonchev–Trinajstić information content (AvgIpc) is 2.70. The summed E-state index contributed by atoms with van der Waals surface area (Å²) >= 11 is 5.85. The molecule has 2 amide bonds. The number of nitrogens with zero attached hydrogens (tertiary/aromatic N) is 1. The second-order valence-electron chi connectivity index (χ2n) is 6.98. The third-order valence-corrected chi connectivity index (χ3v) is 6.93. The highest BCUT2D eigenvalue weighted by atomic mass is 35.5. The summed E-state index contributed by atoms with van der Waals surface area (Å²) in [6, 6.07) is 13.1. The number of para-hydroxylation sites is 1. The molecule has 2 aromatic rings. The van der Waals surface area contributed by atoms with E-state index in [0.29, 0.717) is 35.7 Å². The van der Waals surface area contributed by atoms with Gasteiger partial charge in [-0.2, -0.15) is 0 Å². The molecule has 0 saturated carbocycles. The van der Waals surface area contributed by atoms with Crippen molar-refractivity contribution in [1.82, 2.24) is 4.31 Å².